The van der Waals surface area contributed by atoms with E-state index in [1.165, 1.54) is 5.56 Å². The van der Waals surface area contributed by atoms with Gasteiger partial charge in [-0.05, 0) is 81.0 Å². The van der Waals surface area contributed by atoms with Gasteiger partial charge in [0.1, 0.15) is 5.75 Å². The summed E-state index contributed by atoms with van der Waals surface area (Å²) in [5, 5.41) is 7.76. The summed E-state index contributed by atoms with van der Waals surface area (Å²) in [4.78, 5) is 19.8. The predicted molar refractivity (Wildman–Crippen MR) is 163 cm³/mol. The van der Waals surface area contributed by atoms with Gasteiger partial charge in [-0.25, -0.2) is 0 Å². The van der Waals surface area contributed by atoms with E-state index in [-0.39, 0.29) is 24.4 Å². The molecule has 0 spiro atoms. The van der Waals surface area contributed by atoms with Crippen LogP contribution in [0.15, 0.2) is 72.9 Å². The van der Waals surface area contributed by atoms with Gasteiger partial charge in [0.2, 0.25) is 5.91 Å². The first-order chi connectivity index (χ1) is 19.3. The zero-order chi connectivity index (χ0) is 28.4. The zero-order valence-corrected chi connectivity index (χ0v) is 24.5. The summed E-state index contributed by atoms with van der Waals surface area (Å²) in [5.41, 5.74) is 7.08. The number of para-hydroxylation sites is 2. The van der Waals surface area contributed by atoms with Gasteiger partial charge in [-0.2, -0.15) is 0 Å². The Hall–Kier alpha value is -3.88. The molecule has 40 heavy (non-hydrogen) atoms. The van der Waals surface area contributed by atoms with Crippen LogP contribution in [0, 0.1) is 20.8 Å². The summed E-state index contributed by atoms with van der Waals surface area (Å²) in [6, 6.07) is 20.8. The van der Waals surface area contributed by atoms with Gasteiger partial charge in [0, 0.05) is 46.8 Å². The summed E-state index contributed by atoms with van der Waals surface area (Å²) < 4.78 is 7.63. The van der Waals surface area contributed by atoms with Crippen molar-refractivity contribution in [2.45, 2.75) is 39.3 Å². The number of aromatic nitrogens is 2. The van der Waals surface area contributed by atoms with E-state index in [2.05, 4.69) is 51.9 Å². The first-order valence-corrected chi connectivity index (χ1v) is 13.9. The van der Waals surface area contributed by atoms with Crippen LogP contribution in [-0.4, -0.2) is 39.1 Å². The molecule has 206 valence electrons. The Kier molecular flexibility index (Phi) is 8.09. The molecule has 0 radical (unpaired) electrons. The van der Waals surface area contributed by atoms with Gasteiger partial charge in [-0.15, -0.1) is 0 Å². The van der Waals surface area contributed by atoms with Gasteiger partial charge >= 0.3 is 0 Å². The van der Waals surface area contributed by atoms with E-state index in [1.807, 2.05) is 60.7 Å². The topological polar surface area (TPSA) is 71.4 Å². The second-order valence-corrected chi connectivity index (χ2v) is 10.7. The van der Waals surface area contributed by atoms with E-state index in [0.717, 1.165) is 28.3 Å². The minimum absolute atomic E-state index is 0.117. The van der Waals surface area contributed by atoms with Crippen molar-refractivity contribution in [3.63, 3.8) is 0 Å². The lowest BCUT2D eigenvalue weighted by molar-refractivity contribution is -0.116. The summed E-state index contributed by atoms with van der Waals surface area (Å²) in [6.45, 7) is 6.82. The number of benzene rings is 2. The largest absolute Gasteiger partial charge is 0.495 e. The Balaban J connectivity index is 1.50. The lowest BCUT2D eigenvalue weighted by Gasteiger charge is -2.29. The van der Waals surface area contributed by atoms with Crippen molar-refractivity contribution >= 4 is 40.5 Å². The van der Waals surface area contributed by atoms with E-state index in [9.17, 15) is 4.79 Å². The number of pyridine rings is 1. The van der Waals surface area contributed by atoms with Crippen molar-refractivity contribution in [1.29, 1.82) is 0 Å². The molecule has 0 aliphatic carbocycles. The van der Waals surface area contributed by atoms with Crippen LogP contribution < -0.4 is 15.4 Å². The molecule has 2 N–H and O–H groups in total. The third-order valence-electron chi connectivity index (χ3n) is 7.53. The quantitative estimate of drug-likeness (QED) is 0.236. The number of amides is 1. The standard InChI is InChI=1S/C31H32ClN5O2S/c1-19-20(2)37(23-11-9-10-22(32)18-23)21(3)28(19)30-29(25-13-7-8-16-33-25)35-31(40)36(30)17-15-27(38)34-24-12-5-6-14-26(24)39-4/h5-14,16,18,29-30H,15,17H2,1-4H3,(H,34,38)(H,35,40)/t29-,30+/m0/s1. The minimum Gasteiger partial charge on any atom is -0.495 e. The summed E-state index contributed by atoms with van der Waals surface area (Å²) >= 11 is 12.2. The fourth-order valence-electron chi connectivity index (χ4n) is 5.59. The highest BCUT2D eigenvalue weighted by molar-refractivity contribution is 7.80. The number of methoxy groups -OCH3 is 1. The Morgan fingerprint density at radius 3 is 2.58 bits per heavy atom. The molecule has 3 heterocycles. The fourth-order valence-corrected chi connectivity index (χ4v) is 6.10. The van der Waals surface area contributed by atoms with Crippen LogP contribution >= 0.6 is 23.8 Å². The molecule has 1 amide bonds. The van der Waals surface area contributed by atoms with E-state index >= 15 is 0 Å². The normalized spacial score (nSPS) is 16.6. The number of carbonyl (C=O) groups is 1. The number of nitrogens with zero attached hydrogens (tertiary/aromatic N) is 3. The van der Waals surface area contributed by atoms with E-state index in [0.29, 0.717) is 28.1 Å². The van der Waals surface area contributed by atoms with Crippen molar-refractivity contribution in [2.75, 3.05) is 19.0 Å². The van der Waals surface area contributed by atoms with Gasteiger partial charge < -0.3 is 24.8 Å². The third-order valence-corrected chi connectivity index (χ3v) is 8.12. The van der Waals surface area contributed by atoms with Crippen LogP contribution in [0.25, 0.3) is 5.69 Å². The Bertz CT molecular complexity index is 1550. The second kappa shape index (κ2) is 11.7. The number of hydrogen-bond acceptors (Lipinski definition) is 4. The van der Waals surface area contributed by atoms with Crippen LogP contribution in [0.5, 0.6) is 5.75 Å². The molecule has 1 saturated heterocycles. The van der Waals surface area contributed by atoms with Crippen molar-refractivity contribution in [3.05, 3.63) is 106 Å². The molecule has 2 aromatic carbocycles. The number of hydrogen-bond donors (Lipinski definition) is 2. The Labute approximate surface area is 245 Å². The van der Waals surface area contributed by atoms with Crippen LogP contribution in [0.1, 0.15) is 46.7 Å². The van der Waals surface area contributed by atoms with Crippen LogP contribution in [0.3, 0.4) is 0 Å². The molecule has 1 aliphatic rings. The van der Waals surface area contributed by atoms with Crippen molar-refractivity contribution in [1.82, 2.24) is 19.8 Å². The Morgan fingerprint density at radius 2 is 1.85 bits per heavy atom. The first-order valence-electron chi connectivity index (χ1n) is 13.2. The molecule has 9 heteroatoms. The van der Waals surface area contributed by atoms with Gasteiger partial charge in [0.15, 0.2) is 5.11 Å². The molecule has 7 nitrogen and oxygen atoms in total. The number of thiocarbonyl (C=S) groups is 1. The molecule has 1 aliphatic heterocycles. The average molecular weight is 574 g/mol. The Morgan fingerprint density at radius 1 is 1.07 bits per heavy atom. The molecular weight excluding hydrogens is 542 g/mol. The smallest absolute Gasteiger partial charge is 0.226 e. The highest BCUT2D eigenvalue weighted by Gasteiger charge is 2.42. The van der Waals surface area contributed by atoms with E-state index < -0.39 is 0 Å². The molecule has 0 unspecified atom stereocenters. The molecule has 2 aromatic heterocycles. The highest BCUT2D eigenvalue weighted by atomic mass is 35.5. The van der Waals surface area contributed by atoms with E-state index in [4.69, 9.17) is 28.6 Å². The monoisotopic (exact) mass is 573 g/mol. The molecule has 1 fully saturated rings. The maximum atomic E-state index is 13.1. The molecule has 5 rings (SSSR count). The maximum Gasteiger partial charge on any atom is 0.226 e. The highest BCUT2D eigenvalue weighted by Crippen LogP contribution is 2.43. The fraction of sp³-hybridized carbons (Fsp3) is 0.258. The molecular formula is C31H32ClN5O2S. The SMILES string of the molecule is COc1ccccc1NC(=O)CCN1C(=S)N[C@@H](c2ccccn2)[C@H]1c1c(C)c(C)n(-c2cccc(Cl)c2)c1C. The number of halogens is 1. The van der Waals surface area contributed by atoms with Crippen molar-refractivity contribution in [2.24, 2.45) is 0 Å². The lowest BCUT2D eigenvalue weighted by atomic mass is 9.93. The lowest BCUT2D eigenvalue weighted by Crippen LogP contribution is -2.33. The molecule has 0 saturated carbocycles. The maximum absolute atomic E-state index is 13.1. The average Bonchev–Trinajstić information content (AvgIpc) is 3.39. The number of nitrogens with one attached hydrogen (secondary N) is 2. The third kappa shape index (κ3) is 5.29. The van der Waals surface area contributed by atoms with Crippen LogP contribution in [0.4, 0.5) is 5.69 Å². The second-order valence-electron chi connectivity index (χ2n) is 9.84. The summed E-state index contributed by atoms with van der Waals surface area (Å²) in [7, 11) is 1.59. The van der Waals surface area contributed by atoms with Crippen LogP contribution in [-0.2, 0) is 4.79 Å². The van der Waals surface area contributed by atoms with Gasteiger partial charge in [-0.1, -0.05) is 35.9 Å². The summed E-state index contributed by atoms with van der Waals surface area (Å²) in [6.07, 6.45) is 2.04. The van der Waals surface area contributed by atoms with Gasteiger partial charge in [0.05, 0.1) is 30.6 Å². The van der Waals surface area contributed by atoms with Gasteiger partial charge in [-0.3, -0.25) is 9.78 Å². The number of carbonyl (C=O) groups excluding carboxylic acids is 1. The molecule has 0 bridgehead atoms. The van der Waals surface area contributed by atoms with E-state index in [1.54, 1.807) is 13.3 Å². The number of rotatable bonds is 8. The molecule has 2 atom stereocenters. The zero-order valence-electron chi connectivity index (χ0n) is 22.9. The number of ether oxygens (including phenoxy) is 1. The predicted octanol–water partition coefficient (Wildman–Crippen LogP) is 6.46. The molecule has 4 aromatic rings. The van der Waals surface area contributed by atoms with Crippen molar-refractivity contribution < 1.29 is 9.53 Å². The first kappa shape index (κ1) is 27.7. The number of anilines is 1. The minimum atomic E-state index is -0.182. The van der Waals surface area contributed by atoms with Gasteiger partial charge in [0.25, 0.3) is 0 Å². The van der Waals surface area contributed by atoms with Crippen LogP contribution in [0.2, 0.25) is 5.02 Å². The van der Waals surface area contributed by atoms with Crippen molar-refractivity contribution in [3.8, 4) is 11.4 Å². The summed E-state index contributed by atoms with van der Waals surface area (Å²) in [5.74, 6) is 0.500.